The fourth-order valence-corrected chi connectivity index (χ4v) is 9.11. The molecule has 0 saturated carbocycles. The molecular formula is C57H37N3O. The van der Waals surface area contributed by atoms with Crippen molar-refractivity contribution < 1.29 is 4.42 Å². The van der Waals surface area contributed by atoms with Gasteiger partial charge < -0.3 is 13.9 Å². The Kier molecular flexibility index (Phi) is 8.13. The first-order chi connectivity index (χ1) is 30.2. The van der Waals surface area contributed by atoms with Crippen molar-refractivity contribution in [3.8, 4) is 39.2 Å². The summed E-state index contributed by atoms with van der Waals surface area (Å²) in [4.78, 5) is 7.48. The molecule has 0 aliphatic rings. The van der Waals surface area contributed by atoms with Crippen molar-refractivity contribution in [1.82, 2.24) is 9.55 Å². The first-order valence-electron chi connectivity index (χ1n) is 20.7. The minimum Gasteiger partial charge on any atom is -0.455 e. The summed E-state index contributed by atoms with van der Waals surface area (Å²) >= 11 is 0. The average molecular weight is 780 g/mol. The lowest BCUT2D eigenvalue weighted by atomic mass is 9.93. The van der Waals surface area contributed by atoms with E-state index >= 15 is 0 Å². The molecule has 0 N–H and O–H groups in total. The minimum atomic E-state index is 0.880. The molecule has 3 aromatic heterocycles. The molecule has 0 aliphatic heterocycles. The third kappa shape index (κ3) is 5.96. The van der Waals surface area contributed by atoms with Crippen LogP contribution in [0.15, 0.2) is 229 Å². The molecule has 0 atom stereocenters. The highest BCUT2D eigenvalue weighted by Gasteiger charge is 2.18. The summed E-state index contributed by atoms with van der Waals surface area (Å²) in [6, 6.07) is 77.7. The highest BCUT2D eigenvalue weighted by molar-refractivity contribution is 6.12. The van der Waals surface area contributed by atoms with Crippen LogP contribution in [0.3, 0.4) is 0 Å². The molecule has 0 aliphatic carbocycles. The van der Waals surface area contributed by atoms with Gasteiger partial charge in [0.1, 0.15) is 11.2 Å². The summed E-state index contributed by atoms with van der Waals surface area (Å²) < 4.78 is 8.97. The fourth-order valence-electron chi connectivity index (χ4n) is 9.11. The summed E-state index contributed by atoms with van der Waals surface area (Å²) in [6.45, 7) is 0. The SMILES string of the molecule is c1ccc(N(c2ccc(-c3cc(-c4ccc5c(c4)c4ccccc4n5-c4ccccc4)cc(-c4cccc5c4oc4ccccc45)c3)nc2)c2ccc3ccccc3c2)cc1. The number of nitrogens with zero attached hydrogens (tertiary/aromatic N) is 3. The predicted molar refractivity (Wildman–Crippen MR) is 254 cm³/mol. The first kappa shape index (κ1) is 34.8. The summed E-state index contributed by atoms with van der Waals surface area (Å²) in [5, 5.41) is 7.05. The largest absolute Gasteiger partial charge is 0.455 e. The van der Waals surface area contributed by atoms with Crippen LogP contribution in [0.2, 0.25) is 0 Å². The van der Waals surface area contributed by atoms with Crippen molar-refractivity contribution in [3.05, 3.63) is 225 Å². The van der Waals surface area contributed by atoms with Gasteiger partial charge in [-0.05, 0) is 118 Å². The number of para-hydroxylation sites is 5. The molecule has 4 heteroatoms. The Morgan fingerprint density at radius 1 is 0.393 bits per heavy atom. The number of rotatable bonds is 7. The molecule has 12 aromatic rings. The van der Waals surface area contributed by atoms with E-state index in [-0.39, 0.29) is 0 Å². The van der Waals surface area contributed by atoms with Crippen LogP contribution in [-0.2, 0) is 0 Å². The molecule has 286 valence electrons. The zero-order valence-corrected chi connectivity index (χ0v) is 33.1. The van der Waals surface area contributed by atoms with E-state index in [4.69, 9.17) is 9.40 Å². The van der Waals surface area contributed by atoms with Gasteiger partial charge in [-0.15, -0.1) is 0 Å². The third-order valence-electron chi connectivity index (χ3n) is 12.0. The standard InChI is InChI=1S/C57H37N3O/c1-3-16-44(17-4-1)59(46-28-26-38-14-7-8-15-39(38)35-46)47-29-30-53(58-37-47)43-33-41(32-42(34-43)48-22-13-23-51-50-21-10-12-25-56(50)61-57(48)51)40-27-31-55-52(36-40)49-20-9-11-24-54(49)60(55)45-18-5-2-6-19-45/h1-37H. The van der Waals surface area contributed by atoms with Crippen LogP contribution in [0.4, 0.5) is 17.1 Å². The van der Waals surface area contributed by atoms with Crippen molar-refractivity contribution in [3.63, 3.8) is 0 Å². The Morgan fingerprint density at radius 3 is 1.93 bits per heavy atom. The van der Waals surface area contributed by atoms with E-state index in [2.05, 4.69) is 216 Å². The molecule has 4 nitrogen and oxygen atoms in total. The predicted octanol–water partition coefficient (Wildman–Crippen LogP) is 15.7. The number of aromatic nitrogens is 2. The molecule has 0 radical (unpaired) electrons. The molecule has 0 saturated heterocycles. The number of hydrogen-bond acceptors (Lipinski definition) is 3. The van der Waals surface area contributed by atoms with Crippen LogP contribution < -0.4 is 4.90 Å². The second-order valence-corrected chi connectivity index (χ2v) is 15.6. The van der Waals surface area contributed by atoms with Gasteiger partial charge in [-0.1, -0.05) is 127 Å². The number of benzene rings is 9. The lowest BCUT2D eigenvalue weighted by molar-refractivity contribution is 0.670. The summed E-state index contributed by atoms with van der Waals surface area (Å²) in [5.74, 6) is 0. The minimum absolute atomic E-state index is 0.880. The molecule has 0 amide bonds. The maximum atomic E-state index is 6.61. The number of hydrogen-bond donors (Lipinski definition) is 0. The topological polar surface area (TPSA) is 34.2 Å². The van der Waals surface area contributed by atoms with E-state index in [9.17, 15) is 0 Å². The van der Waals surface area contributed by atoms with E-state index < -0.39 is 0 Å². The third-order valence-corrected chi connectivity index (χ3v) is 12.0. The van der Waals surface area contributed by atoms with Crippen molar-refractivity contribution in [2.45, 2.75) is 0 Å². The van der Waals surface area contributed by atoms with Crippen LogP contribution in [0.5, 0.6) is 0 Å². The summed E-state index contributed by atoms with van der Waals surface area (Å²) in [7, 11) is 0. The highest BCUT2D eigenvalue weighted by Crippen LogP contribution is 2.42. The molecular weight excluding hydrogens is 743 g/mol. The maximum Gasteiger partial charge on any atom is 0.143 e. The Balaban J connectivity index is 1.03. The number of furan rings is 1. The van der Waals surface area contributed by atoms with E-state index in [0.717, 1.165) is 78.2 Å². The molecule has 9 aromatic carbocycles. The second kappa shape index (κ2) is 14.3. The lowest BCUT2D eigenvalue weighted by Gasteiger charge is -2.25. The molecule has 0 fully saturated rings. The van der Waals surface area contributed by atoms with Gasteiger partial charge in [0.05, 0.1) is 28.6 Å². The van der Waals surface area contributed by atoms with E-state index in [1.165, 1.54) is 32.6 Å². The molecule has 61 heavy (non-hydrogen) atoms. The Bertz CT molecular complexity index is 3590. The average Bonchev–Trinajstić information content (AvgIpc) is 3.88. The zero-order valence-electron chi connectivity index (χ0n) is 33.1. The number of pyridine rings is 1. The van der Waals surface area contributed by atoms with E-state index in [1.54, 1.807) is 0 Å². The quantitative estimate of drug-likeness (QED) is 0.162. The van der Waals surface area contributed by atoms with E-state index in [0.29, 0.717) is 0 Å². The number of anilines is 3. The highest BCUT2D eigenvalue weighted by atomic mass is 16.3. The second-order valence-electron chi connectivity index (χ2n) is 15.6. The fraction of sp³-hybridized carbons (Fsp3) is 0. The van der Waals surface area contributed by atoms with Gasteiger partial charge in [-0.25, -0.2) is 0 Å². The Morgan fingerprint density at radius 2 is 1.08 bits per heavy atom. The molecule has 0 bridgehead atoms. The molecule has 3 heterocycles. The van der Waals surface area contributed by atoms with Gasteiger partial charge in [-0.3, -0.25) is 4.98 Å². The van der Waals surface area contributed by atoms with Crippen LogP contribution >= 0.6 is 0 Å². The Labute approximate surface area is 352 Å². The monoisotopic (exact) mass is 779 g/mol. The molecule has 0 unspecified atom stereocenters. The van der Waals surface area contributed by atoms with Crippen molar-refractivity contribution in [2.24, 2.45) is 0 Å². The van der Waals surface area contributed by atoms with Gasteiger partial charge in [0.25, 0.3) is 0 Å². The smallest absolute Gasteiger partial charge is 0.143 e. The van der Waals surface area contributed by atoms with Crippen molar-refractivity contribution in [2.75, 3.05) is 4.90 Å². The van der Waals surface area contributed by atoms with Crippen LogP contribution in [-0.4, -0.2) is 9.55 Å². The van der Waals surface area contributed by atoms with Crippen LogP contribution in [0, 0.1) is 0 Å². The van der Waals surface area contributed by atoms with Gasteiger partial charge >= 0.3 is 0 Å². The van der Waals surface area contributed by atoms with Gasteiger partial charge in [0.15, 0.2) is 0 Å². The van der Waals surface area contributed by atoms with E-state index in [1.807, 2.05) is 18.3 Å². The van der Waals surface area contributed by atoms with Crippen LogP contribution in [0.1, 0.15) is 0 Å². The molecule has 0 spiro atoms. The first-order valence-corrected chi connectivity index (χ1v) is 20.7. The van der Waals surface area contributed by atoms with Gasteiger partial charge in [0.2, 0.25) is 0 Å². The Hall–Kier alpha value is -8.21. The van der Waals surface area contributed by atoms with Gasteiger partial charge in [0, 0.05) is 49.7 Å². The maximum absolute atomic E-state index is 6.61. The van der Waals surface area contributed by atoms with Crippen molar-refractivity contribution >= 4 is 71.6 Å². The lowest BCUT2D eigenvalue weighted by Crippen LogP contribution is -2.10. The number of fused-ring (bicyclic) bond motifs is 7. The van der Waals surface area contributed by atoms with Crippen molar-refractivity contribution in [1.29, 1.82) is 0 Å². The summed E-state index contributed by atoms with van der Waals surface area (Å²) in [5.41, 5.74) is 14.6. The zero-order chi connectivity index (χ0) is 40.3. The normalized spacial score (nSPS) is 11.6. The summed E-state index contributed by atoms with van der Waals surface area (Å²) in [6.07, 6.45) is 1.99. The molecule has 12 rings (SSSR count). The van der Waals surface area contributed by atoms with Gasteiger partial charge in [-0.2, -0.15) is 0 Å². The van der Waals surface area contributed by atoms with Crippen LogP contribution in [0.25, 0.3) is 93.7 Å².